The highest BCUT2D eigenvalue weighted by atomic mass is 19.3. The zero-order valence-electron chi connectivity index (χ0n) is 18.4. The Balaban J connectivity index is 1.57. The molecule has 0 saturated carbocycles. The summed E-state index contributed by atoms with van der Waals surface area (Å²) in [4.78, 5) is 10.3. The number of anilines is 2. The maximum atomic E-state index is 15.1. The van der Waals surface area contributed by atoms with Crippen molar-refractivity contribution in [2.75, 3.05) is 44.5 Å². The third kappa shape index (κ3) is 3.77. The lowest BCUT2D eigenvalue weighted by molar-refractivity contribution is -0.0675. The second-order valence-corrected chi connectivity index (χ2v) is 8.20. The van der Waals surface area contributed by atoms with Gasteiger partial charge in [-0.2, -0.15) is 4.98 Å². The molecule has 14 heteroatoms. The molecule has 0 spiro atoms. The minimum atomic E-state index is -2.98. The summed E-state index contributed by atoms with van der Waals surface area (Å²) in [6, 6.07) is 2.03. The van der Waals surface area contributed by atoms with Gasteiger partial charge in [-0.3, -0.25) is 0 Å². The molecule has 0 aromatic carbocycles. The second kappa shape index (κ2) is 8.34. The first-order valence-corrected chi connectivity index (χ1v) is 10.7. The molecule has 1 saturated heterocycles. The molecule has 0 unspecified atom stereocenters. The van der Waals surface area contributed by atoms with Crippen LogP contribution in [0.15, 0.2) is 18.3 Å². The number of likely N-dealkylation sites (tertiary alicyclic amines) is 1. The third-order valence-corrected chi connectivity index (χ3v) is 5.83. The van der Waals surface area contributed by atoms with E-state index in [1.54, 1.807) is 31.1 Å². The van der Waals surface area contributed by atoms with Gasteiger partial charge in [0.05, 0.1) is 36.6 Å². The number of pyridine rings is 1. The maximum Gasteiger partial charge on any atom is 0.280 e. The zero-order chi connectivity index (χ0) is 24.0. The monoisotopic (exact) mass is 478 g/mol. The number of alkyl halides is 3. The molecule has 1 aliphatic rings. The number of halogens is 4. The molecule has 2 N–H and O–H groups in total. The summed E-state index contributed by atoms with van der Waals surface area (Å²) in [6.07, 6.45) is 1.34. The van der Waals surface area contributed by atoms with Crippen molar-refractivity contribution in [1.82, 2.24) is 39.5 Å². The largest absolute Gasteiger partial charge is 0.371 e. The molecule has 5 rings (SSSR count). The van der Waals surface area contributed by atoms with Crippen molar-refractivity contribution in [3.63, 3.8) is 0 Å². The Morgan fingerprint density at radius 1 is 1.24 bits per heavy atom. The van der Waals surface area contributed by atoms with E-state index < -0.39 is 24.5 Å². The summed E-state index contributed by atoms with van der Waals surface area (Å²) in [5, 5.41) is 17.6. The minimum Gasteiger partial charge on any atom is -0.371 e. The highest BCUT2D eigenvalue weighted by Crippen LogP contribution is 2.34. The first-order valence-electron chi connectivity index (χ1n) is 10.7. The van der Waals surface area contributed by atoms with Crippen LogP contribution in [-0.4, -0.2) is 85.3 Å². The molecular formula is C20H22F4N10. The van der Waals surface area contributed by atoms with Gasteiger partial charge in [-0.25, -0.2) is 31.7 Å². The van der Waals surface area contributed by atoms with E-state index in [1.807, 2.05) is 0 Å². The number of fused-ring (bicyclic) bond motifs is 2. The summed E-state index contributed by atoms with van der Waals surface area (Å²) < 4.78 is 59.5. The third-order valence-electron chi connectivity index (χ3n) is 5.83. The van der Waals surface area contributed by atoms with Crippen molar-refractivity contribution in [2.45, 2.75) is 24.9 Å². The Labute approximate surface area is 191 Å². The summed E-state index contributed by atoms with van der Waals surface area (Å²) in [7, 11) is 3.23. The van der Waals surface area contributed by atoms with Crippen molar-refractivity contribution in [2.24, 2.45) is 0 Å². The van der Waals surface area contributed by atoms with Crippen LogP contribution >= 0.6 is 0 Å². The molecule has 10 nitrogen and oxygen atoms in total. The molecule has 1 atom stereocenters. The predicted molar refractivity (Wildman–Crippen MR) is 117 cm³/mol. The fourth-order valence-corrected chi connectivity index (χ4v) is 4.20. The van der Waals surface area contributed by atoms with Crippen LogP contribution in [0.25, 0.3) is 27.9 Å². The van der Waals surface area contributed by atoms with Gasteiger partial charge in [0.1, 0.15) is 17.7 Å². The van der Waals surface area contributed by atoms with Gasteiger partial charge in [-0.1, -0.05) is 5.21 Å². The van der Waals surface area contributed by atoms with Gasteiger partial charge in [-0.15, -0.1) is 10.2 Å². The molecule has 4 aromatic rings. The predicted octanol–water partition coefficient (Wildman–Crippen LogP) is 2.44. The number of hydrogen-bond acceptors (Lipinski definition) is 8. The summed E-state index contributed by atoms with van der Waals surface area (Å²) in [6.45, 7) is -0.570. The van der Waals surface area contributed by atoms with Crippen molar-refractivity contribution < 1.29 is 17.6 Å². The van der Waals surface area contributed by atoms with E-state index in [2.05, 4.69) is 36.0 Å². The molecule has 1 fully saturated rings. The van der Waals surface area contributed by atoms with E-state index >= 15 is 4.39 Å². The number of piperidine rings is 1. The van der Waals surface area contributed by atoms with Crippen LogP contribution in [0.2, 0.25) is 0 Å². The van der Waals surface area contributed by atoms with Crippen molar-refractivity contribution in [3.8, 4) is 11.3 Å². The Bertz CT molecular complexity index is 1350. The second-order valence-electron chi connectivity index (χ2n) is 8.20. The molecule has 0 amide bonds. The normalized spacial score (nSPS) is 18.6. The Morgan fingerprint density at radius 2 is 2.06 bits per heavy atom. The Morgan fingerprint density at radius 3 is 2.79 bits per heavy atom. The summed E-state index contributed by atoms with van der Waals surface area (Å²) in [5.41, 5.74) is 1.38. The molecule has 0 radical (unpaired) electrons. The van der Waals surface area contributed by atoms with E-state index in [4.69, 9.17) is 0 Å². The number of hydrogen-bond donors (Lipinski definition) is 2. The number of aromatic nitrogens is 7. The van der Waals surface area contributed by atoms with Gasteiger partial charge < -0.3 is 15.5 Å². The molecule has 5 heterocycles. The lowest BCUT2D eigenvalue weighted by Crippen LogP contribution is -2.53. The van der Waals surface area contributed by atoms with Crippen LogP contribution in [0.3, 0.4) is 0 Å². The fourth-order valence-electron chi connectivity index (χ4n) is 4.20. The van der Waals surface area contributed by atoms with Gasteiger partial charge >= 0.3 is 0 Å². The molecule has 0 bridgehead atoms. The summed E-state index contributed by atoms with van der Waals surface area (Å²) >= 11 is 0. The van der Waals surface area contributed by atoms with Crippen LogP contribution in [-0.2, 0) is 6.54 Å². The number of aryl methyl sites for hydroxylation is 1. The van der Waals surface area contributed by atoms with E-state index in [0.29, 0.717) is 17.7 Å². The van der Waals surface area contributed by atoms with Crippen LogP contribution in [0.4, 0.5) is 29.3 Å². The topological polar surface area (TPSA) is 101 Å². The lowest BCUT2D eigenvalue weighted by atomic mass is 10.0. The molecule has 1 aliphatic heterocycles. The molecule has 4 aromatic heterocycles. The SMILES string of the molecule is CNc1nc(N[C@@H]2CCN(C)CC2(F)F)nn2cc(F)c(-c3ccc4nnn(CCF)c4n3)c12. The van der Waals surface area contributed by atoms with Crippen molar-refractivity contribution in [1.29, 1.82) is 0 Å². The van der Waals surface area contributed by atoms with E-state index in [9.17, 15) is 13.2 Å². The highest BCUT2D eigenvalue weighted by Gasteiger charge is 2.44. The molecule has 0 aliphatic carbocycles. The van der Waals surface area contributed by atoms with Gasteiger partial charge in [-0.05, 0) is 25.6 Å². The highest BCUT2D eigenvalue weighted by molar-refractivity contribution is 5.89. The van der Waals surface area contributed by atoms with E-state index in [-0.39, 0.29) is 48.1 Å². The fraction of sp³-hybridized carbons (Fsp3) is 0.450. The van der Waals surface area contributed by atoms with Crippen LogP contribution < -0.4 is 10.6 Å². The van der Waals surface area contributed by atoms with Gasteiger partial charge in [0.25, 0.3) is 5.92 Å². The smallest absolute Gasteiger partial charge is 0.280 e. The Hall–Kier alpha value is -3.55. The van der Waals surface area contributed by atoms with Gasteiger partial charge in [0.2, 0.25) is 5.95 Å². The van der Waals surface area contributed by atoms with Crippen molar-refractivity contribution >= 4 is 28.4 Å². The van der Waals surface area contributed by atoms with Crippen LogP contribution in [0.5, 0.6) is 0 Å². The van der Waals surface area contributed by atoms with Crippen LogP contribution in [0, 0.1) is 5.82 Å². The lowest BCUT2D eigenvalue weighted by Gasteiger charge is -2.36. The van der Waals surface area contributed by atoms with E-state index in [0.717, 1.165) is 6.20 Å². The molecule has 34 heavy (non-hydrogen) atoms. The van der Waals surface area contributed by atoms with Crippen molar-refractivity contribution in [3.05, 3.63) is 24.1 Å². The minimum absolute atomic E-state index is 0.0343. The zero-order valence-corrected chi connectivity index (χ0v) is 18.4. The number of rotatable bonds is 6. The molecular weight excluding hydrogens is 456 g/mol. The maximum absolute atomic E-state index is 15.1. The van der Waals surface area contributed by atoms with Gasteiger partial charge in [0.15, 0.2) is 17.3 Å². The van der Waals surface area contributed by atoms with Gasteiger partial charge in [0, 0.05) is 13.6 Å². The quantitative estimate of drug-likeness (QED) is 0.408. The van der Waals surface area contributed by atoms with E-state index in [1.165, 1.54) is 9.20 Å². The summed E-state index contributed by atoms with van der Waals surface area (Å²) in [5.74, 6) is -3.44. The average Bonchev–Trinajstić information content (AvgIpc) is 3.34. The number of nitrogens with one attached hydrogen (secondary N) is 2. The first kappa shape index (κ1) is 22.3. The number of nitrogens with zero attached hydrogens (tertiary/aromatic N) is 8. The standard InChI is InChI=1S/C20H22F4N10/c1-25-17-16-15(12-3-4-13-18(26-12)33(8-6-21)31-29-13)11(22)9-34(16)30-19(28-17)27-14-5-7-32(2)10-20(14,23)24/h3-4,9,14H,5-8,10H2,1-2H3,(H2,25,27,28,30)/t14-/m1/s1. The Kier molecular flexibility index (Phi) is 5.46. The van der Waals surface area contributed by atoms with Crippen LogP contribution in [0.1, 0.15) is 6.42 Å². The first-order chi connectivity index (χ1) is 16.3. The molecule has 180 valence electrons. The average molecular weight is 478 g/mol.